The van der Waals surface area contributed by atoms with Gasteiger partial charge in [0, 0.05) is 6.61 Å². The summed E-state index contributed by atoms with van der Waals surface area (Å²) < 4.78 is 16.3. The van der Waals surface area contributed by atoms with Gasteiger partial charge in [0.05, 0.1) is 13.7 Å². The fourth-order valence-electron chi connectivity index (χ4n) is 1.95. The molecule has 1 aliphatic heterocycles. The van der Waals surface area contributed by atoms with Crippen LogP contribution < -0.4 is 4.74 Å². The van der Waals surface area contributed by atoms with Gasteiger partial charge in [0.25, 0.3) is 0 Å². The first kappa shape index (κ1) is 13.1. The Morgan fingerprint density at radius 1 is 1.33 bits per heavy atom. The average molecular weight is 248 g/mol. The van der Waals surface area contributed by atoms with E-state index in [1.165, 1.54) is 6.42 Å². The molecule has 3 heteroatoms. The number of hydrogen-bond acceptors (Lipinski definition) is 3. The van der Waals surface area contributed by atoms with Gasteiger partial charge in [0.15, 0.2) is 6.29 Å². The summed E-state index contributed by atoms with van der Waals surface area (Å²) in [4.78, 5) is 0. The number of benzene rings is 1. The minimum Gasteiger partial charge on any atom is -0.497 e. The molecule has 0 bridgehead atoms. The van der Waals surface area contributed by atoms with E-state index in [0.717, 1.165) is 36.3 Å². The highest BCUT2D eigenvalue weighted by molar-refractivity contribution is 5.64. The van der Waals surface area contributed by atoms with Crippen LogP contribution in [0.1, 0.15) is 24.8 Å². The molecule has 0 N–H and O–H groups in total. The Bertz CT molecular complexity index is 377. The first-order chi connectivity index (χ1) is 8.79. The zero-order chi connectivity index (χ0) is 12.8. The second-order valence-corrected chi connectivity index (χ2v) is 4.44. The maximum atomic E-state index is 5.70. The van der Waals surface area contributed by atoms with E-state index in [1.807, 2.05) is 24.3 Å². The van der Waals surface area contributed by atoms with Gasteiger partial charge in [-0.25, -0.2) is 0 Å². The molecule has 0 amide bonds. The highest BCUT2D eigenvalue weighted by atomic mass is 16.7. The average Bonchev–Trinajstić information content (AvgIpc) is 2.46. The van der Waals surface area contributed by atoms with Crippen molar-refractivity contribution < 1.29 is 14.2 Å². The smallest absolute Gasteiger partial charge is 0.158 e. The topological polar surface area (TPSA) is 27.7 Å². The third kappa shape index (κ3) is 3.59. The van der Waals surface area contributed by atoms with Crippen LogP contribution in [-0.2, 0) is 9.47 Å². The van der Waals surface area contributed by atoms with E-state index in [-0.39, 0.29) is 6.29 Å². The third-order valence-electron chi connectivity index (χ3n) is 3.08. The molecule has 1 heterocycles. The van der Waals surface area contributed by atoms with E-state index in [9.17, 15) is 0 Å². The number of hydrogen-bond donors (Lipinski definition) is 0. The largest absolute Gasteiger partial charge is 0.497 e. The van der Waals surface area contributed by atoms with Gasteiger partial charge in [-0.05, 0) is 42.5 Å². The molecule has 1 aromatic rings. The van der Waals surface area contributed by atoms with Gasteiger partial charge in [-0.3, -0.25) is 0 Å². The zero-order valence-corrected chi connectivity index (χ0v) is 10.9. The normalized spacial score (nSPS) is 19.5. The molecular weight excluding hydrogens is 228 g/mol. The van der Waals surface area contributed by atoms with E-state index in [0.29, 0.717) is 6.61 Å². The van der Waals surface area contributed by atoms with E-state index >= 15 is 0 Å². The minimum atomic E-state index is -0.0613. The van der Waals surface area contributed by atoms with E-state index in [2.05, 4.69) is 6.58 Å². The van der Waals surface area contributed by atoms with Crippen LogP contribution in [0.25, 0.3) is 5.57 Å². The van der Waals surface area contributed by atoms with E-state index in [4.69, 9.17) is 14.2 Å². The molecule has 1 fully saturated rings. The predicted octanol–water partition coefficient (Wildman–Crippen LogP) is 3.25. The van der Waals surface area contributed by atoms with Crippen molar-refractivity contribution >= 4 is 5.57 Å². The summed E-state index contributed by atoms with van der Waals surface area (Å²) in [6, 6.07) is 7.84. The molecule has 1 aliphatic rings. The van der Waals surface area contributed by atoms with Gasteiger partial charge in [-0.15, -0.1) is 0 Å². The van der Waals surface area contributed by atoms with Gasteiger partial charge < -0.3 is 14.2 Å². The Hall–Kier alpha value is -1.32. The maximum absolute atomic E-state index is 5.70. The standard InChI is InChI=1S/C15H20O3/c1-12(11-18-15-5-3-4-10-17-15)13-6-8-14(16-2)9-7-13/h6-9,15H,1,3-5,10-11H2,2H3. The van der Waals surface area contributed by atoms with Crippen molar-refractivity contribution in [3.05, 3.63) is 36.4 Å². The summed E-state index contributed by atoms with van der Waals surface area (Å²) in [5.74, 6) is 0.850. The van der Waals surface area contributed by atoms with Crippen molar-refractivity contribution in [2.75, 3.05) is 20.3 Å². The van der Waals surface area contributed by atoms with Crippen molar-refractivity contribution in [2.45, 2.75) is 25.6 Å². The molecule has 1 saturated heterocycles. The molecular formula is C15H20O3. The summed E-state index contributed by atoms with van der Waals surface area (Å²) in [5, 5.41) is 0. The van der Waals surface area contributed by atoms with Crippen molar-refractivity contribution in [1.82, 2.24) is 0 Å². The van der Waals surface area contributed by atoms with Crippen molar-refractivity contribution in [1.29, 1.82) is 0 Å². The first-order valence-corrected chi connectivity index (χ1v) is 6.35. The summed E-state index contributed by atoms with van der Waals surface area (Å²) in [6.45, 7) is 5.36. The molecule has 0 spiro atoms. The molecule has 0 aromatic heterocycles. The lowest BCUT2D eigenvalue weighted by Gasteiger charge is -2.23. The summed E-state index contributed by atoms with van der Waals surface area (Å²) in [6.07, 6.45) is 3.24. The summed E-state index contributed by atoms with van der Waals surface area (Å²) >= 11 is 0. The fraction of sp³-hybridized carbons (Fsp3) is 0.467. The first-order valence-electron chi connectivity index (χ1n) is 6.35. The van der Waals surface area contributed by atoms with Crippen LogP contribution in [0.15, 0.2) is 30.8 Å². The van der Waals surface area contributed by atoms with Gasteiger partial charge in [-0.2, -0.15) is 0 Å². The van der Waals surface area contributed by atoms with E-state index in [1.54, 1.807) is 7.11 Å². The molecule has 0 radical (unpaired) electrons. The van der Waals surface area contributed by atoms with Gasteiger partial charge in [-0.1, -0.05) is 18.7 Å². The lowest BCUT2D eigenvalue weighted by atomic mass is 10.1. The highest BCUT2D eigenvalue weighted by Crippen LogP contribution is 2.20. The monoisotopic (exact) mass is 248 g/mol. The molecule has 1 aromatic carbocycles. The molecule has 18 heavy (non-hydrogen) atoms. The van der Waals surface area contributed by atoms with Crippen LogP contribution in [0, 0.1) is 0 Å². The third-order valence-corrected chi connectivity index (χ3v) is 3.08. The van der Waals surface area contributed by atoms with Crippen molar-refractivity contribution in [2.24, 2.45) is 0 Å². The number of rotatable bonds is 5. The van der Waals surface area contributed by atoms with Gasteiger partial charge in [0.2, 0.25) is 0 Å². The van der Waals surface area contributed by atoms with Crippen LogP contribution in [0.4, 0.5) is 0 Å². The fourth-order valence-corrected chi connectivity index (χ4v) is 1.95. The molecule has 0 saturated carbocycles. The Balaban J connectivity index is 1.82. The van der Waals surface area contributed by atoms with Gasteiger partial charge in [0.1, 0.15) is 5.75 Å². The maximum Gasteiger partial charge on any atom is 0.158 e. The Morgan fingerprint density at radius 2 is 2.11 bits per heavy atom. The highest BCUT2D eigenvalue weighted by Gasteiger charge is 2.14. The number of ether oxygens (including phenoxy) is 3. The van der Waals surface area contributed by atoms with E-state index < -0.39 is 0 Å². The second kappa shape index (κ2) is 6.57. The lowest BCUT2D eigenvalue weighted by molar-refractivity contribution is -0.154. The zero-order valence-electron chi connectivity index (χ0n) is 10.9. The second-order valence-electron chi connectivity index (χ2n) is 4.44. The molecule has 2 rings (SSSR count). The van der Waals surface area contributed by atoms with Crippen molar-refractivity contribution in [3.8, 4) is 5.75 Å². The quantitative estimate of drug-likeness (QED) is 0.800. The summed E-state index contributed by atoms with van der Waals surface area (Å²) in [7, 11) is 1.66. The van der Waals surface area contributed by atoms with Crippen molar-refractivity contribution in [3.63, 3.8) is 0 Å². The predicted molar refractivity (Wildman–Crippen MR) is 71.6 cm³/mol. The Morgan fingerprint density at radius 3 is 2.72 bits per heavy atom. The lowest BCUT2D eigenvalue weighted by Crippen LogP contribution is -2.22. The number of methoxy groups -OCH3 is 1. The molecule has 98 valence electrons. The minimum absolute atomic E-state index is 0.0613. The molecule has 1 atom stereocenters. The van der Waals surface area contributed by atoms with Crippen LogP contribution in [0.2, 0.25) is 0 Å². The van der Waals surface area contributed by atoms with Crippen LogP contribution in [0.5, 0.6) is 5.75 Å². The Kier molecular flexibility index (Phi) is 4.79. The SMILES string of the molecule is C=C(COC1CCCCO1)c1ccc(OC)cc1. The Labute approximate surface area is 108 Å². The van der Waals surface area contributed by atoms with Gasteiger partial charge >= 0.3 is 0 Å². The summed E-state index contributed by atoms with van der Waals surface area (Å²) in [5.41, 5.74) is 2.04. The van der Waals surface area contributed by atoms with Crippen LogP contribution in [-0.4, -0.2) is 26.6 Å². The van der Waals surface area contributed by atoms with Crippen LogP contribution in [0.3, 0.4) is 0 Å². The van der Waals surface area contributed by atoms with Crippen LogP contribution >= 0.6 is 0 Å². The molecule has 1 unspecified atom stereocenters. The molecule has 3 nitrogen and oxygen atoms in total. The molecule has 0 aliphatic carbocycles.